The number of likely N-dealkylation sites (tertiary alicyclic amines) is 1. The van der Waals surface area contributed by atoms with Crippen LogP contribution in [0.1, 0.15) is 43.8 Å². The molecule has 2 aromatic rings. The SMILES string of the molecule is c1ccc2[nH]c(C3CN(C4CCCCC4)C3)nc2c1. The second kappa shape index (κ2) is 4.64. The van der Waals surface area contributed by atoms with E-state index >= 15 is 0 Å². The van der Waals surface area contributed by atoms with Crippen LogP contribution in [-0.4, -0.2) is 34.0 Å². The lowest BCUT2D eigenvalue weighted by atomic mass is 9.89. The predicted molar refractivity (Wildman–Crippen MR) is 77.3 cm³/mol. The molecule has 0 spiro atoms. The minimum absolute atomic E-state index is 0.620. The van der Waals surface area contributed by atoms with E-state index in [1.54, 1.807) is 0 Å². The van der Waals surface area contributed by atoms with Crippen molar-refractivity contribution in [2.45, 2.75) is 44.1 Å². The van der Waals surface area contributed by atoms with Gasteiger partial charge in [0.2, 0.25) is 0 Å². The first-order valence-electron chi connectivity index (χ1n) is 7.59. The summed E-state index contributed by atoms with van der Waals surface area (Å²) in [4.78, 5) is 10.9. The summed E-state index contributed by atoms with van der Waals surface area (Å²) in [7, 11) is 0. The Hall–Kier alpha value is -1.35. The molecule has 0 radical (unpaired) electrons. The fourth-order valence-corrected chi connectivity index (χ4v) is 3.60. The van der Waals surface area contributed by atoms with E-state index in [0.29, 0.717) is 5.92 Å². The summed E-state index contributed by atoms with van der Waals surface area (Å²) in [5, 5.41) is 0. The Balaban J connectivity index is 1.44. The average molecular weight is 255 g/mol. The first-order chi connectivity index (χ1) is 9.40. The number of rotatable bonds is 2. The van der Waals surface area contributed by atoms with Gasteiger partial charge in [-0.25, -0.2) is 4.98 Å². The Morgan fingerprint density at radius 3 is 2.63 bits per heavy atom. The van der Waals surface area contributed by atoms with E-state index in [1.807, 2.05) is 0 Å². The van der Waals surface area contributed by atoms with Crippen LogP contribution in [0.4, 0.5) is 0 Å². The number of hydrogen-bond donors (Lipinski definition) is 1. The number of para-hydroxylation sites is 2. The zero-order chi connectivity index (χ0) is 12.7. The third-order valence-electron chi connectivity index (χ3n) is 4.80. The molecule has 2 aliphatic rings. The molecule has 3 nitrogen and oxygen atoms in total. The zero-order valence-electron chi connectivity index (χ0n) is 11.3. The van der Waals surface area contributed by atoms with Crippen LogP contribution < -0.4 is 0 Å². The maximum Gasteiger partial charge on any atom is 0.112 e. The maximum absolute atomic E-state index is 4.73. The molecule has 0 amide bonds. The van der Waals surface area contributed by atoms with E-state index in [-0.39, 0.29) is 0 Å². The number of nitrogens with one attached hydrogen (secondary N) is 1. The summed E-state index contributed by atoms with van der Waals surface area (Å²) >= 11 is 0. The maximum atomic E-state index is 4.73. The lowest BCUT2D eigenvalue weighted by Crippen LogP contribution is -2.51. The van der Waals surface area contributed by atoms with Crippen molar-refractivity contribution in [3.8, 4) is 0 Å². The smallest absolute Gasteiger partial charge is 0.112 e. The number of aromatic amines is 1. The van der Waals surface area contributed by atoms with Crippen LogP contribution in [0, 0.1) is 0 Å². The summed E-state index contributed by atoms with van der Waals surface area (Å²) < 4.78 is 0. The van der Waals surface area contributed by atoms with E-state index < -0.39 is 0 Å². The van der Waals surface area contributed by atoms with Crippen molar-refractivity contribution >= 4 is 11.0 Å². The van der Waals surface area contributed by atoms with E-state index in [4.69, 9.17) is 4.98 Å². The van der Waals surface area contributed by atoms with Crippen LogP contribution in [0.3, 0.4) is 0 Å². The van der Waals surface area contributed by atoms with Gasteiger partial charge in [0, 0.05) is 25.0 Å². The Labute approximate surface area is 114 Å². The number of nitrogens with zero attached hydrogens (tertiary/aromatic N) is 2. The fraction of sp³-hybridized carbons (Fsp3) is 0.562. The van der Waals surface area contributed by atoms with Crippen molar-refractivity contribution in [3.05, 3.63) is 30.1 Å². The van der Waals surface area contributed by atoms with Gasteiger partial charge in [-0.15, -0.1) is 0 Å². The van der Waals surface area contributed by atoms with Crippen LogP contribution in [-0.2, 0) is 0 Å². The van der Waals surface area contributed by atoms with Crippen molar-refractivity contribution in [3.63, 3.8) is 0 Å². The molecular formula is C16H21N3. The van der Waals surface area contributed by atoms with Gasteiger partial charge in [0.1, 0.15) is 5.82 Å². The van der Waals surface area contributed by atoms with Crippen molar-refractivity contribution in [1.82, 2.24) is 14.9 Å². The van der Waals surface area contributed by atoms with E-state index in [2.05, 4.69) is 34.1 Å². The third kappa shape index (κ3) is 2.06. The monoisotopic (exact) mass is 255 g/mol. The highest BCUT2D eigenvalue weighted by Crippen LogP contribution is 2.33. The summed E-state index contributed by atoms with van der Waals surface area (Å²) in [6.45, 7) is 2.40. The molecule has 1 saturated carbocycles. The lowest BCUT2D eigenvalue weighted by molar-refractivity contribution is 0.0663. The number of imidazole rings is 1. The second-order valence-electron chi connectivity index (χ2n) is 6.08. The van der Waals surface area contributed by atoms with Gasteiger partial charge in [0.15, 0.2) is 0 Å². The van der Waals surface area contributed by atoms with Gasteiger partial charge >= 0.3 is 0 Å². The summed E-state index contributed by atoms with van der Waals surface area (Å²) in [6.07, 6.45) is 7.12. The Morgan fingerprint density at radius 2 is 1.84 bits per heavy atom. The predicted octanol–water partition coefficient (Wildman–Crippen LogP) is 3.29. The normalized spacial score (nSPS) is 22.7. The van der Waals surface area contributed by atoms with Crippen molar-refractivity contribution in [2.75, 3.05) is 13.1 Å². The van der Waals surface area contributed by atoms with Crippen molar-refractivity contribution in [2.24, 2.45) is 0 Å². The average Bonchev–Trinajstić information content (AvgIpc) is 2.81. The second-order valence-corrected chi connectivity index (χ2v) is 6.08. The van der Waals surface area contributed by atoms with Gasteiger partial charge in [-0.1, -0.05) is 31.4 Å². The van der Waals surface area contributed by atoms with Gasteiger partial charge in [-0.05, 0) is 25.0 Å². The van der Waals surface area contributed by atoms with Gasteiger partial charge < -0.3 is 4.98 Å². The first kappa shape index (κ1) is 11.5. The van der Waals surface area contributed by atoms with Crippen LogP contribution in [0.2, 0.25) is 0 Å². The van der Waals surface area contributed by atoms with Crippen LogP contribution in [0.5, 0.6) is 0 Å². The molecule has 0 atom stereocenters. The molecule has 100 valence electrons. The number of H-pyrrole nitrogens is 1. The molecule has 19 heavy (non-hydrogen) atoms. The zero-order valence-corrected chi connectivity index (χ0v) is 11.3. The number of hydrogen-bond acceptors (Lipinski definition) is 2. The molecule has 2 fully saturated rings. The Bertz CT molecular complexity index is 529. The molecule has 3 heteroatoms. The lowest BCUT2D eigenvalue weighted by Gasteiger charge is -2.45. The fourth-order valence-electron chi connectivity index (χ4n) is 3.60. The van der Waals surface area contributed by atoms with E-state index in [1.165, 1.54) is 56.5 Å². The summed E-state index contributed by atoms with van der Waals surface area (Å²) in [5.74, 6) is 1.81. The van der Waals surface area contributed by atoms with Crippen LogP contribution >= 0.6 is 0 Å². The van der Waals surface area contributed by atoms with E-state index in [9.17, 15) is 0 Å². The molecule has 0 bridgehead atoms. The molecule has 1 aromatic carbocycles. The number of benzene rings is 1. The molecule has 1 aliphatic carbocycles. The molecule has 4 rings (SSSR count). The summed E-state index contributed by atoms with van der Waals surface area (Å²) in [6, 6.07) is 9.19. The Kier molecular flexibility index (Phi) is 2.80. The molecule has 1 N–H and O–H groups in total. The Morgan fingerprint density at radius 1 is 1.05 bits per heavy atom. The highest BCUT2D eigenvalue weighted by molar-refractivity contribution is 5.74. The molecular weight excluding hydrogens is 234 g/mol. The molecule has 1 saturated heterocycles. The first-order valence-corrected chi connectivity index (χ1v) is 7.59. The van der Waals surface area contributed by atoms with Gasteiger partial charge in [-0.3, -0.25) is 4.90 Å². The van der Waals surface area contributed by atoms with Gasteiger partial charge in [-0.2, -0.15) is 0 Å². The van der Waals surface area contributed by atoms with E-state index in [0.717, 1.165) is 11.6 Å². The van der Waals surface area contributed by atoms with Gasteiger partial charge in [0.05, 0.1) is 11.0 Å². The quantitative estimate of drug-likeness (QED) is 0.893. The molecule has 2 heterocycles. The largest absolute Gasteiger partial charge is 0.342 e. The molecule has 1 aliphatic heterocycles. The van der Waals surface area contributed by atoms with Gasteiger partial charge in [0.25, 0.3) is 0 Å². The third-order valence-corrected chi connectivity index (χ3v) is 4.80. The standard InChI is InChI=1S/C16H21N3/c1-2-6-13(7-3-1)19-10-12(11-19)16-17-14-8-4-5-9-15(14)18-16/h4-5,8-9,12-13H,1-3,6-7,10-11H2,(H,17,18). The minimum Gasteiger partial charge on any atom is -0.342 e. The van der Waals surface area contributed by atoms with Crippen LogP contribution in [0.25, 0.3) is 11.0 Å². The van der Waals surface area contributed by atoms with Crippen molar-refractivity contribution in [1.29, 1.82) is 0 Å². The highest BCUT2D eigenvalue weighted by Gasteiger charge is 2.35. The van der Waals surface area contributed by atoms with Crippen molar-refractivity contribution < 1.29 is 0 Å². The number of aromatic nitrogens is 2. The highest BCUT2D eigenvalue weighted by atomic mass is 15.2. The molecule has 0 unspecified atom stereocenters. The number of fused-ring (bicyclic) bond motifs is 1. The topological polar surface area (TPSA) is 31.9 Å². The minimum atomic E-state index is 0.620. The summed E-state index contributed by atoms with van der Waals surface area (Å²) in [5.41, 5.74) is 2.28. The molecule has 1 aromatic heterocycles. The van der Waals surface area contributed by atoms with Crippen LogP contribution in [0.15, 0.2) is 24.3 Å².